The number of hydrogen-bond acceptors (Lipinski definition) is 4. The average molecular weight is 424 g/mol. The Balaban J connectivity index is 1.39. The Kier molecular flexibility index (Phi) is 8.47. The van der Waals surface area contributed by atoms with E-state index >= 15 is 0 Å². The molecule has 6 heteroatoms. The third-order valence-corrected chi connectivity index (χ3v) is 5.75. The molecular formula is C25H33N3O3. The molecule has 0 aliphatic carbocycles. The molecule has 1 aliphatic heterocycles. The Morgan fingerprint density at radius 2 is 1.74 bits per heavy atom. The van der Waals surface area contributed by atoms with Gasteiger partial charge in [-0.15, -0.1) is 0 Å². The first-order chi connectivity index (χ1) is 15.1. The molecular weight excluding hydrogens is 390 g/mol. The van der Waals surface area contributed by atoms with E-state index in [4.69, 9.17) is 4.74 Å². The van der Waals surface area contributed by atoms with Gasteiger partial charge in [-0.3, -0.25) is 9.59 Å². The summed E-state index contributed by atoms with van der Waals surface area (Å²) in [7, 11) is 1.67. The van der Waals surface area contributed by atoms with Crippen LogP contribution < -0.4 is 10.1 Å². The number of carbonyl (C=O) groups is 2. The van der Waals surface area contributed by atoms with Gasteiger partial charge in [-0.05, 0) is 56.1 Å². The number of para-hydroxylation sites is 1. The van der Waals surface area contributed by atoms with E-state index < -0.39 is 0 Å². The molecule has 0 radical (unpaired) electrons. The van der Waals surface area contributed by atoms with Crippen LogP contribution in [0.1, 0.15) is 32.6 Å². The second-order valence-electron chi connectivity index (χ2n) is 7.98. The summed E-state index contributed by atoms with van der Waals surface area (Å²) >= 11 is 0. The second kappa shape index (κ2) is 11.5. The van der Waals surface area contributed by atoms with Crippen molar-refractivity contribution in [1.29, 1.82) is 0 Å². The first-order valence-electron chi connectivity index (χ1n) is 11.1. The number of nitrogens with zero attached hydrogens (tertiary/aromatic N) is 2. The normalized spacial score (nSPS) is 14.7. The van der Waals surface area contributed by atoms with Crippen molar-refractivity contribution in [3.8, 4) is 16.9 Å². The summed E-state index contributed by atoms with van der Waals surface area (Å²) in [5.41, 5.74) is 2.89. The fourth-order valence-electron chi connectivity index (χ4n) is 3.97. The Morgan fingerprint density at radius 3 is 2.48 bits per heavy atom. The summed E-state index contributed by atoms with van der Waals surface area (Å²) in [5, 5.41) is 2.99. The lowest BCUT2D eigenvalue weighted by Crippen LogP contribution is -2.34. The molecule has 31 heavy (non-hydrogen) atoms. The van der Waals surface area contributed by atoms with E-state index in [2.05, 4.69) is 10.2 Å². The van der Waals surface area contributed by atoms with Crippen LogP contribution in [0.2, 0.25) is 0 Å². The molecule has 1 heterocycles. The van der Waals surface area contributed by atoms with E-state index in [0.29, 0.717) is 6.42 Å². The van der Waals surface area contributed by atoms with E-state index in [9.17, 15) is 9.59 Å². The van der Waals surface area contributed by atoms with E-state index in [1.54, 1.807) is 14.0 Å². The van der Waals surface area contributed by atoms with E-state index in [1.807, 2.05) is 53.4 Å². The van der Waals surface area contributed by atoms with Crippen molar-refractivity contribution in [3.63, 3.8) is 0 Å². The number of carbonyl (C=O) groups excluding carboxylic acids is 2. The van der Waals surface area contributed by atoms with Gasteiger partial charge in [0, 0.05) is 44.2 Å². The molecule has 0 spiro atoms. The number of hydrogen-bond donors (Lipinski definition) is 1. The van der Waals surface area contributed by atoms with Gasteiger partial charge in [-0.25, -0.2) is 0 Å². The monoisotopic (exact) mass is 423 g/mol. The number of ether oxygens (including phenoxy) is 1. The Hall–Kier alpha value is -2.86. The Morgan fingerprint density at radius 1 is 0.968 bits per heavy atom. The van der Waals surface area contributed by atoms with Gasteiger partial charge in [-0.1, -0.05) is 30.3 Å². The van der Waals surface area contributed by atoms with Crippen LogP contribution in [0.15, 0.2) is 48.5 Å². The molecule has 166 valence electrons. The van der Waals surface area contributed by atoms with Gasteiger partial charge in [-0.2, -0.15) is 0 Å². The fraction of sp³-hybridized carbons (Fsp3) is 0.440. The number of rotatable bonds is 8. The van der Waals surface area contributed by atoms with E-state index in [-0.39, 0.29) is 11.8 Å². The molecule has 1 N–H and O–H groups in total. The standard InChI is InChI=1S/C25H33N3O3/c1-20(29)28-17-7-16-27(18-19-28)15-6-5-10-25(30)26-22-13-11-21(12-14-22)23-8-3-4-9-24(23)31-2/h3-4,8-9,11-14H,5-7,10,15-19H2,1-2H3,(H,26,30). The number of methoxy groups -OCH3 is 1. The summed E-state index contributed by atoms with van der Waals surface area (Å²) in [6, 6.07) is 15.7. The molecule has 1 fully saturated rings. The van der Waals surface area contributed by atoms with E-state index in [0.717, 1.165) is 74.6 Å². The summed E-state index contributed by atoms with van der Waals surface area (Å²) in [6.07, 6.45) is 3.38. The quantitative estimate of drug-likeness (QED) is 0.652. The number of benzene rings is 2. The van der Waals surface area contributed by atoms with Crippen LogP contribution in [0.25, 0.3) is 11.1 Å². The van der Waals surface area contributed by atoms with Crippen LogP contribution in [-0.4, -0.2) is 61.4 Å². The van der Waals surface area contributed by atoms with Crippen LogP contribution in [0.4, 0.5) is 5.69 Å². The number of amides is 2. The average Bonchev–Trinajstić information content (AvgIpc) is 3.03. The zero-order valence-corrected chi connectivity index (χ0v) is 18.6. The molecule has 3 rings (SSSR count). The molecule has 0 bridgehead atoms. The molecule has 0 saturated carbocycles. The summed E-state index contributed by atoms with van der Waals surface area (Å²) in [5.74, 6) is 1.04. The first kappa shape index (κ1) is 22.8. The molecule has 6 nitrogen and oxygen atoms in total. The molecule has 2 aromatic rings. The minimum Gasteiger partial charge on any atom is -0.496 e. The van der Waals surface area contributed by atoms with Crippen molar-refractivity contribution in [3.05, 3.63) is 48.5 Å². The SMILES string of the molecule is COc1ccccc1-c1ccc(NC(=O)CCCCN2CCCN(C(C)=O)CC2)cc1. The molecule has 2 aromatic carbocycles. The minimum absolute atomic E-state index is 0.0451. The Bertz CT molecular complexity index is 867. The summed E-state index contributed by atoms with van der Waals surface area (Å²) in [4.78, 5) is 28.1. The smallest absolute Gasteiger partial charge is 0.224 e. The molecule has 0 atom stereocenters. The van der Waals surface area contributed by atoms with Gasteiger partial charge in [0.25, 0.3) is 0 Å². The molecule has 2 amide bonds. The Labute approximate surface area is 185 Å². The van der Waals surface area contributed by atoms with Gasteiger partial charge in [0.05, 0.1) is 7.11 Å². The largest absolute Gasteiger partial charge is 0.496 e. The van der Waals surface area contributed by atoms with Gasteiger partial charge in [0.15, 0.2) is 0 Å². The highest BCUT2D eigenvalue weighted by atomic mass is 16.5. The minimum atomic E-state index is 0.0451. The number of nitrogens with one attached hydrogen (secondary N) is 1. The maximum atomic E-state index is 12.3. The number of unbranched alkanes of at least 4 members (excludes halogenated alkanes) is 1. The third-order valence-electron chi connectivity index (χ3n) is 5.75. The van der Waals surface area contributed by atoms with Gasteiger partial charge < -0.3 is 19.9 Å². The molecule has 1 aliphatic rings. The predicted molar refractivity (Wildman–Crippen MR) is 124 cm³/mol. The van der Waals surface area contributed by atoms with Crippen molar-refractivity contribution in [2.24, 2.45) is 0 Å². The van der Waals surface area contributed by atoms with Crippen LogP contribution in [0.5, 0.6) is 5.75 Å². The van der Waals surface area contributed by atoms with Crippen molar-refractivity contribution < 1.29 is 14.3 Å². The van der Waals surface area contributed by atoms with Crippen molar-refractivity contribution in [2.45, 2.75) is 32.6 Å². The van der Waals surface area contributed by atoms with E-state index in [1.165, 1.54) is 0 Å². The van der Waals surface area contributed by atoms with Crippen molar-refractivity contribution in [2.75, 3.05) is 45.2 Å². The molecule has 0 aromatic heterocycles. The van der Waals surface area contributed by atoms with Crippen molar-refractivity contribution >= 4 is 17.5 Å². The van der Waals surface area contributed by atoms with Gasteiger partial charge in [0.2, 0.25) is 11.8 Å². The molecule has 1 saturated heterocycles. The van der Waals surface area contributed by atoms with Gasteiger partial charge in [0.1, 0.15) is 5.75 Å². The zero-order chi connectivity index (χ0) is 22.1. The lowest BCUT2D eigenvalue weighted by Gasteiger charge is -2.20. The van der Waals surface area contributed by atoms with Crippen LogP contribution in [0, 0.1) is 0 Å². The lowest BCUT2D eigenvalue weighted by atomic mass is 10.0. The fourth-order valence-corrected chi connectivity index (χ4v) is 3.97. The summed E-state index contributed by atoms with van der Waals surface area (Å²) in [6.45, 7) is 6.22. The maximum Gasteiger partial charge on any atom is 0.224 e. The zero-order valence-electron chi connectivity index (χ0n) is 18.6. The topological polar surface area (TPSA) is 61.9 Å². The highest BCUT2D eigenvalue weighted by molar-refractivity contribution is 5.91. The van der Waals surface area contributed by atoms with Gasteiger partial charge >= 0.3 is 0 Å². The van der Waals surface area contributed by atoms with Crippen LogP contribution in [0.3, 0.4) is 0 Å². The predicted octanol–water partition coefficient (Wildman–Crippen LogP) is 4.03. The summed E-state index contributed by atoms with van der Waals surface area (Å²) < 4.78 is 5.43. The lowest BCUT2D eigenvalue weighted by molar-refractivity contribution is -0.128. The van der Waals surface area contributed by atoms with Crippen LogP contribution >= 0.6 is 0 Å². The number of anilines is 1. The van der Waals surface area contributed by atoms with Crippen LogP contribution in [-0.2, 0) is 9.59 Å². The maximum absolute atomic E-state index is 12.3. The highest BCUT2D eigenvalue weighted by Gasteiger charge is 2.16. The third kappa shape index (κ3) is 6.82. The molecule has 0 unspecified atom stereocenters. The highest BCUT2D eigenvalue weighted by Crippen LogP contribution is 2.30. The second-order valence-corrected chi connectivity index (χ2v) is 7.98. The first-order valence-corrected chi connectivity index (χ1v) is 11.1. The van der Waals surface area contributed by atoms with Crippen molar-refractivity contribution in [1.82, 2.24) is 9.80 Å².